The average Bonchev–Trinajstić information content (AvgIpc) is 2.96. The molecule has 0 aromatic carbocycles. The summed E-state index contributed by atoms with van der Waals surface area (Å²) in [5.74, 6) is -0.608. The van der Waals surface area contributed by atoms with Crippen LogP contribution in [0.3, 0.4) is 0 Å². The maximum Gasteiger partial charge on any atom is 0.254 e. The molecule has 122 valence electrons. The highest BCUT2D eigenvalue weighted by Crippen LogP contribution is 2.23. The Morgan fingerprint density at radius 3 is 3.00 bits per heavy atom. The predicted octanol–water partition coefficient (Wildman–Crippen LogP) is 0.753. The van der Waals surface area contributed by atoms with Crippen LogP contribution in [-0.4, -0.2) is 45.8 Å². The van der Waals surface area contributed by atoms with Crippen molar-refractivity contribution >= 4 is 5.91 Å². The van der Waals surface area contributed by atoms with Crippen LogP contribution in [0.25, 0.3) is 5.69 Å². The van der Waals surface area contributed by atoms with Gasteiger partial charge in [0.05, 0.1) is 23.9 Å². The van der Waals surface area contributed by atoms with Crippen LogP contribution in [0.4, 0.5) is 4.39 Å². The smallest absolute Gasteiger partial charge is 0.254 e. The fourth-order valence-corrected chi connectivity index (χ4v) is 2.49. The van der Waals surface area contributed by atoms with Gasteiger partial charge in [0, 0.05) is 12.7 Å². The van der Waals surface area contributed by atoms with Crippen molar-refractivity contribution in [3.05, 3.63) is 36.0 Å². The average molecular weight is 319 g/mol. The first-order valence-electron chi connectivity index (χ1n) is 7.37. The molecule has 0 bridgehead atoms. The number of nitrogens with two attached hydrogens (primary N) is 1. The summed E-state index contributed by atoms with van der Waals surface area (Å²) in [6, 6.07) is 1.57. The first-order chi connectivity index (χ1) is 11.0. The zero-order valence-corrected chi connectivity index (χ0v) is 12.7. The van der Waals surface area contributed by atoms with Gasteiger partial charge in [-0.05, 0) is 26.0 Å². The fraction of sp³-hybridized carbons (Fsp3) is 0.400. The molecule has 3 heterocycles. The van der Waals surface area contributed by atoms with Gasteiger partial charge in [-0.1, -0.05) is 0 Å². The molecule has 3 rings (SSSR count). The quantitative estimate of drug-likeness (QED) is 0.867. The third-order valence-electron chi connectivity index (χ3n) is 3.72. The lowest BCUT2D eigenvalue weighted by atomic mass is 10.1. The number of hydrogen-bond donors (Lipinski definition) is 2. The standard InChI is InChI=1S/C15H18FN5O2/c1-9-7-21(8-20-9)10-4-11(14(17)22)15(19-5-10)23-13-2-3-18-6-12(13)16/h4-5,7-8,12-13,18H,2-3,6H2,1H3,(H2,17,22)/t12-,13+/m0/s1. The van der Waals surface area contributed by atoms with E-state index in [0.717, 1.165) is 5.69 Å². The molecular weight excluding hydrogens is 301 g/mol. The number of nitrogens with zero attached hydrogens (tertiary/aromatic N) is 3. The number of nitrogens with one attached hydrogen (secondary N) is 1. The minimum absolute atomic E-state index is 0.0626. The Morgan fingerprint density at radius 2 is 2.35 bits per heavy atom. The number of hydrogen-bond acceptors (Lipinski definition) is 5. The molecule has 1 aliphatic heterocycles. The second-order valence-electron chi connectivity index (χ2n) is 5.50. The van der Waals surface area contributed by atoms with E-state index in [0.29, 0.717) is 18.7 Å². The monoisotopic (exact) mass is 319 g/mol. The van der Waals surface area contributed by atoms with Crippen molar-refractivity contribution in [3.63, 3.8) is 0 Å². The lowest BCUT2D eigenvalue weighted by Crippen LogP contribution is -2.44. The molecular formula is C15H18FN5O2. The SMILES string of the molecule is Cc1cn(-c2cnc(O[C@@H]3CCNC[C@@H]3F)c(C(N)=O)c2)cn1. The Kier molecular flexibility index (Phi) is 4.24. The number of amides is 1. The van der Waals surface area contributed by atoms with E-state index >= 15 is 0 Å². The van der Waals surface area contributed by atoms with Crippen molar-refractivity contribution in [2.75, 3.05) is 13.1 Å². The molecule has 1 saturated heterocycles. The van der Waals surface area contributed by atoms with E-state index in [1.165, 1.54) is 6.20 Å². The third-order valence-corrected chi connectivity index (χ3v) is 3.72. The number of carbonyl (C=O) groups is 1. The van der Waals surface area contributed by atoms with E-state index in [-0.39, 0.29) is 18.0 Å². The van der Waals surface area contributed by atoms with Gasteiger partial charge < -0.3 is 20.4 Å². The van der Waals surface area contributed by atoms with Crippen LogP contribution in [0.15, 0.2) is 24.8 Å². The summed E-state index contributed by atoms with van der Waals surface area (Å²) >= 11 is 0. The lowest BCUT2D eigenvalue weighted by molar-refractivity contribution is 0.0676. The number of ether oxygens (including phenoxy) is 1. The number of aromatic nitrogens is 3. The van der Waals surface area contributed by atoms with Crippen molar-refractivity contribution in [2.24, 2.45) is 5.73 Å². The van der Waals surface area contributed by atoms with Gasteiger partial charge in [-0.15, -0.1) is 0 Å². The number of pyridine rings is 1. The summed E-state index contributed by atoms with van der Waals surface area (Å²) in [5, 5.41) is 2.94. The highest BCUT2D eigenvalue weighted by atomic mass is 19.1. The maximum absolute atomic E-state index is 13.9. The van der Waals surface area contributed by atoms with Crippen molar-refractivity contribution < 1.29 is 13.9 Å². The molecule has 2 aromatic heterocycles. The van der Waals surface area contributed by atoms with Crippen LogP contribution in [0, 0.1) is 6.92 Å². The topological polar surface area (TPSA) is 95.1 Å². The molecule has 2 aromatic rings. The Hall–Kier alpha value is -2.48. The number of primary amides is 1. The molecule has 8 heteroatoms. The highest BCUT2D eigenvalue weighted by Gasteiger charge is 2.28. The molecule has 1 aliphatic rings. The number of imidazole rings is 1. The van der Waals surface area contributed by atoms with E-state index in [4.69, 9.17) is 10.5 Å². The number of alkyl halides is 1. The van der Waals surface area contributed by atoms with E-state index < -0.39 is 18.2 Å². The summed E-state index contributed by atoms with van der Waals surface area (Å²) in [6.45, 7) is 2.74. The van der Waals surface area contributed by atoms with Crippen LogP contribution in [-0.2, 0) is 0 Å². The number of aryl methyl sites for hydroxylation is 1. The largest absolute Gasteiger partial charge is 0.471 e. The Bertz CT molecular complexity index is 718. The number of carbonyl (C=O) groups excluding carboxylic acids is 1. The molecule has 1 amide bonds. The minimum Gasteiger partial charge on any atom is -0.471 e. The Labute approximate surface area is 132 Å². The molecule has 2 atom stereocenters. The van der Waals surface area contributed by atoms with E-state index in [2.05, 4.69) is 15.3 Å². The Balaban J connectivity index is 1.89. The second-order valence-corrected chi connectivity index (χ2v) is 5.50. The first-order valence-corrected chi connectivity index (χ1v) is 7.37. The van der Waals surface area contributed by atoms with E-state index in [1.807, 2.05) is 6.92 Å². The van der Waals surface area contributed by atoms with E-state index in [9.17, 15) is 9.18 Å². The molecule has 0 aliphatic carbocycles. The molecule has 0 radical (unpaired) electrons. The normalized spacial score (nSPS) is 21.1. The lowest BCUT2D eigenvalue weighted by Gasteiger charge is -2.27. The van der Waals surface area contributed by atoms with Gasteiger partial charge in [-0.25, -0.2) is 14.4 Å². The van der Waals surface area contributed by atoms with Gasteiger partial charge in [-0.3, -0.25) is 4.79 Å². The molecule has 1 fully saturated rings. The number of halogens is 1. The summed E-state index contributed by atoms with van der Waals surface area (Å²) in [4.78, 5) is 20.0. The van der Waals surface area contributed by atoms with Crippen LogP contribution < -0.4 is 15.8 Å². The van der Waals surface area contributed by atoms with Crippen LogP contribution >= 0.6 is 0 Å². The first kappa shape index (κ1) is 15.4. The zero-order valence-electron chi connectivity index (χ0n) is 12.7. The summed E-state index contributed by atoms with van der Waals surface area (Å²) in [7, 11) is 0. The van der Waals surface area contributed by atoms with Gasteiger partial charge >= 0.3 is 0 Å². The van der Waals surface area contributed by atoms with Crippen molar-refractivity contribution in [1.82, 2.24) is 19.9 Å². The van der Waals surface area contributed by atoms with Crippen molar-refractivity contribution in [1.29, 1.82) is 0 Å². The summed E-state index contributed by atoms with van der Waals surface area (Å²) in [6.07, 6.45) is 3.67. The highest BCUT2D eigenvalue weighted by molar-refractivity contribution is 5.95. The molecule has 3 N–H and O–H groups in total. The summed E-state index contributed by atoms with van der Waals surface area (Å²) in [5.41, 5.74) is 7.01. The Morgan fingerprint density at radius 1 is 1.52 bits per heavy atom. The number of piperidine rings is 1. The predicted molar refractivity (Wildman–Crippen MR) is 81.4 cm³/mol. The van der Waals surface area contributed by atoms with Gasteiger partial charge in [0.25, 0.3) is 5.91 Å². The van der Waals surface area contributed by atoms with Gasteiger partial charge in [-0.2, -0.15) is 0 Å². The van der Waals surface area contributed by atoms with Gasteiger partial charge in [0.1, 0.15) is 17.8 Å². The molecule has 0 saturated carbocycles. The van der Waals surface area contributed by atoms with Crippen molar-refractivity contribution in [2.45, 2.75) is 25.6 Å². The second kappa shape index (κ2) is 6.33. The van der Waals surface area contributed by atoms with Gasteiger partial charge in [0.2, 0.25) is 5.88 Å². The van der Waals surface area contributed by atoms with Crippen LogP contribution in [0.2, 0.25) is 0 Å². The molecule has 0 unspecified atom stereocenters. The van der Waals surface area contributed by atoms with Crippen LogP contribution in [0.1, 0.15) is 22.5 Å². The molecule has 7 nitrogen and oxygen atoms in total. The summed E-state index contributed by atoms with van der Waals surface area (Å²) < 4.78 is 21.2. The molecule has 0 spiro atoms. The minimum atomic E-state index is -1.15. The van der Waals surface area contributed by atoms with Crippen LogP contribution in [0.5, 0.6) is 5.88 Å². The molecule has 23 heavy (non-hydrogen) atoms. The van der Waals surface area contributed by atoms with Crippen molar-refractivity contribution in [3.8, 4) is 11.6 Å². The van der Waals surface area contributed by atoms with Gasteiger partial charge in [0.15, 0.2) is 0 Å². The third kappa shape index (κ3) is 3.31. The fourth-order valence-electron chi connectivity index (χ4n) is 2.49. The zero-order chi connectivity index (χ0) is 16.4. The maximum atomic E-state index is 13.9. The van der Waals surface area contributed by atoms with E-state index in [1.54, 1.807) is 23.2 Å². The number of rotatable bonds is 4.